The summed E-state index contributed by atoms with van der Waals surface area (Å²) in [5, 5.41) is 15.6. The minimum absolute atomic E-state index is 0.0253. The zero-order valence-corrected chi connectivity index (χ0v) is 20.5. The Balaban J connectivity index is 1.96. The summed E-state index contributed by atoms with van der Waals surface area (Å²) in [5.74, 6) is -0.298. The van der Waals surface area contributed by atoms with Crippen LogP contribution in [-0.4, -0.2) is 31.5 Å². The number of hydrogen-bond donors (Lipinski definition) is 1. The molecule has 7 nitrogen and oxygen atoms in total. The van der Waals surface area contributed by atoms with E-state index in [2.05, 4.69) is 21.0 Å². The van der Waals surface area contributed by atoms with Crippen LogP contribution in [0.15, 0.2) is 56.8 Å². The molecule has 0 aliphatic heterocycles. The van der Waals surface area contributed by atoms with Crippen molar-refractivity contribution in [3.63, 3.8) is 0 Å². The van der Waals surface area contributed by atoms with Crippen LogP contribution in [0, 0.1) is 6.92 Å². The van der Waals surface area contributed by atoms with Crippen LogP contribution in [-0.2, 0) is 4.79 Å². The van der Waals surface area contributed by atoms with Crippen molar-refractivity contribution in [1.29, 1.82) is 0 Å². The number of hydrogen-bond acceptors (Lipinski definition) is 4. The molecule has 0 radical (unpaired) electrons. The number of fused-ring (bicyclic) bond motifs is 2. The van der Waals surface area contributed by atoms with Crippen LogP contribution >= 0.6 is 15.9 Å². The summed E-state index contributed by atoms with van der Waals surface area (Å²) in [6.07, 6.45) is 2.44. The van der Waals surface area contributed by atoms with Crippen LogP contribution in [0.4, 0.5) is 0 Å². The van der Waals surface area contributed by atoms with Crippen LogP contribution in [0.2, 0.25) is 0 Å². The van der Waals surface area contributed by atoms with Gasteiger partial charge in [-0.15, -0.1) is 0 Å². The van der Waals surface area contributed by atoms with Crippen molar-refractivity contribution < 1.29 is 9.90 Å². The minimum atomic E-state index is -0.915. The Morgan fingerprint density at radius 1 is 1.21 bits per heavy atom. The van der Waals surface area contributed by atoms with Gasteiger partial charge in [0.25, 0.3) is 5.56 Å². The van der Waals surface area contributed by atoms with Gasteiger partial charge in [-0.05, 0) is 44.5 Å². The molecular weight excluding hydrogens is 484 g/mol. The van der Waals surface area contributed by atoms with E-state index < -0.39 is 12.0 Å². The molecule has 170 valence electrons. The van der Waals surface area contributed by atoms with E-state index in [0.717, 1.165) is 33.1 Å². The van der Waals surface area contributed by atoms with Gasteiger partial charge in [0.15, 0.2) is 0 Å². The maximum atomic E-state index is 13.4. The van der Waals surface area contributed by atoms with Crippen molar-refractivity contribution in [2.24, 2.45) is 5.10 Å². The SMILES string of the molecule is CC[C@H](C)c1nc2ccc(Br)cc2c(=O)n1N=Cc1c(C)n([C@H](C)C(=O)O)c2ccccc12. The molecule has 33 heavy (non-hydrogen) atoms. The van der Waals surface area contributed by atoms with Gasteiger partial charge in [-0.3, -0.25) is 4.79 Å². The topological polar surface area (TPSA) is 89.5 Å². The average Bonchev–Trinajstić information content (AvgIpc) is 3.08. The molecule has 2 aromatic heterocycles. The molecule has 2 atom stereocenters. The van der Waals surface area contributed by atoms with Gasteiger partial charge in [0.05, 0.1) is 17.1 Å². The summed E-state index contributed by atoms with van der Waals surface area (Å²) in [6.45, 7) is 7.58. The quantitative estimate of drug-likeness (QED) is 0.350. The molecule has 1 N–H and O–H groups in total. The summed E-state index contributed by atoms with van der Waals surface area (Å²) in [7, 11) is 0. The van der Waals surface area contributed by atoms with E-state index in [1.165, 1.54) is 4.68 Å². The van der Waals surface area contributed by atoms with E-state index in [4.69, 9.17) is 4.98 Å². The predicted molar refractivity (Wildman–Crippen MR) is 134 cm³/mol. The number of benzene rings is 2. The second kappa shape index (κ2) is 8.94. The number of rotatable bonds is 6. The average molecular weight is 509 g/mol. The minimum Gasteiger partial charge on any atom is -0.480 e. The summed E-state index contributed by atoms with van der Waals surface area (Å²) < 4.78 is 3.95. The van der Waals surface area contributed by atoms with Crippen LogP contribution in [0.1, 0.15) is 56.2 Å². The predicted octanol–water partition coefficient (Wildman–Crippen LogP) is 5.46. The van der Waals surface area contributed by atoms with Gasteiger partial charge in [0.1, 0.15) is 11.9 Å². The number of halogens is 1. The number of carboxylic acid groups (broad SMARTS) is 1. The van der Waals surface area contributed by atoms with E-state index in [1.807, 2.05) is 57.2 Å². The van der Waals surface area contributed by atoms with Gasteiger partial charge in [-0.1, -0.05) is 48.0 Å². The van der Waals surface area contributed by atoms with Crippen molar-refractivity contribution in [3.05, 3.63) is 74.4 Å². The Hall–Kier alpha value is -3.26. The third-order valence-electron chi connectivity index (χ3n) is 6.14. The van der Waals surface area contributed by atoms with Gasteiger partial charge in [-0.25, -0.2) is 9.78 Å². The van der Waals surface area contributed by atoms with Crippen LogP contribution in [0.25, 0.3) is 21.8 Å². The van der Waals surface area contributed by atoms with E-state index >= 15 is 0 Å². The third-order valence-corrected chi connectivity index (χ3v) is 6.63. The summed E-state index contributed by atoms with van der Waals surface area (Å²) in [5.41, 5.74) is 2.74. The highest BCUT2D eigenvalue weighted by Gasteiger charge is 2.21. The zero-order valence-electron chi connectivity index (χ0n) is 18.9. The molecular formula is C25H25BrN4O3. The fraction of sp³-hybridized carbons (Fsp3) is 0.280. The lowest BCUT2D eigenvalue weighted by Crippen LogP contribution is -2.23. The lowest BCUT2D eigenvalue weighted by atomic mass is 10.1. The first-order valence-electron chi connectivity index (χ1n) is 10.8. The van der Waals surface area contributed by atoms with Gasteiger partial charge < -0.3 is 9.67 Å². The van der Waals surface area contributed by atoms with Gasteiger partial charge in [0.2, 0.25) is 0 Å². The molecule has 8 heteroatoms. The Morgan fingerprint density at radius 3 is 2.64 bits per heavy atom. The molecule has 4 rings (SSSR count). The monoisotopic (exact) mass is 508 g/mol. The van der Waals surface area contributed by atoms with Crippen LogP contribution in [0.5, 0.6) is 0 Å². The summed E-state index contributed by atoms with van der Waals surface area (Å²) in [4.78, 5) is 29.9. The normalized spacial score (nSPS) is 13.7. The van der Waals surface area contributed by atoms with Crippen molar-refractivity contribution in [1.82, 2.24) is 14.2 Å². The number of carboxylic acids is 1. The first-order chi connectivity index (χ1) is 15.7. The fourth-order valence-electron chi connectivity index (χ4n) is 4.08. The molecule has 0 unspecified atom stereocenters. The molecule has 0 saturated heterocycles. The standard InChI is InChI=1S/C25H25BrN4O3/c1-5-14(2)23-28-21-11-10-17(26)12-19(21)24(31)30(23)27-13-20-15(3)29(16(4)25(32)33)22-9-7-6-8-18(20)22/h6-14,16H,5H2,1-4H3,(H,32,33)/t14-,16+/m0/s1. The number of aromatic nitrogens is 3. The van der Waals surface area contributed by atoms with Crippen LogP contribution < -0.4 is 5.56 Å². The first-order valence-corrected chi connectivity index (χ1v) is 11.6. The van der Waals surface area contributed by atoms with Crippen molar-refractivity contribution in [2.75, 3.05) is 0 Å². The molecule has 0 aliphatic carbocycles. The van der Waals surface area contributed by atoms with E-state index in [0.29, 0.717) is 16.7 Å². The number of para-hydroxylation sites is 1. The number of nitrogens with zero attached hydrogens (tertiary/aromatic N) is 4. The molecule has 0 bridgehead atoms. The molecule has 4 aromatic rings. The Bertz CT molecular complexity index is 1470. The molecule has 0 aliphatic rings. The zero-order chi connectivity index (χ0) is 23.9. The molecule has 0 amide bonds. The van der Waals surface area contributed by atoms with Crippen LogP contribution in [0.3, 0.4) is 0 Å². The smallest absolute Gasteiger partial charge is 0.326 e. The molecule has 0 fully saturated rings. The molecule has 2 aromatic carbocycles. The number of aliphatic carboxylic acids is 1. The van der Waals surface area contributed by atoms with E-state index in [1.54, 1.807) is 23.8 Å². The largest absolute Gasteiger partial charge is 0.480 e. The number of carbonyl (C=O) groups is 1. The van der Waals surface area contributed by atoms with E-state index in [9.17, 15) is 14.7 Å². The summed E-state index contributed by atoms with van der Waals surface area (Å²) in [6, 6.07) is 12.3. The fourth-order valence-corrected chi connectivity index (χ4v) is 4.44. The molecule has 0 saturated carbocycles. The summed E-state index contributed by atoms with van der Waals surface area (Å²) >= 11 is 3.43. The van der Waals surface area contributed by atoms with Crippen molar-refractivity contribution in [3.8, 4) is 0 Å². The van der Waals surface area contributed by atoms with Gasteiger partial charge in [0, 0.05) is 32.6 Å². The Morgan fingerprint density at radius 2 is 1.94 bits per heavy atom. The third kappa shape index (κ3) is 3.99. The highest BCUT2D eigenvalue weighted by molar-refractivity contribution is 9.10. The first kappa shape index (κ1) is 22.9. The lowest BCUT2D eigenvalue weighted by Gasteiger charge is -2.14. The second-order valence-corrected chi connectivity index (χ2v) is 9.12. The second-order valence-electron chi connectivity index (χ2n) is 8.20. The molecule has 0 spiro atoms. The van der Waals surface area contributed by atoms with Crippen molar-refractivity contribution >= 4 is 49.9 Å². The van der Waals surface area contributed by atoms with E-state index in [-0.39, 0.29) is 11.5 Å². The molecule has 2 heterocycles. The van der Waals surface area contributed by atoms with Gasteiger partial charge >= 0.3 is 5.97 Å². The Labute approximate surface area is 199 Å². The van der Waals surface area contributed by atoms with Crippen molar-refractivity contribution in [2.45, 2.75) is 46.1 Å². The maximum absolute atomic E-state index is 13.4. The highest BCUT2D eigenvalue weighted by atomic mass is 79.9. The Kier molecular flexibility index (Phi) is 6.21. The highest BCUT2D eigenvalue weighted by Crippen LogP contribution is 2.28. The lowest BCUT2D eigenvalue weighted by molar-refractivity contribution is -0.140. The van der Waals surface area contributed by atoms with Gasteiger partial charge in [-0.2, -0.15) is 9.78 Å². The maximum Gasteiger partial charge on any atom is 0.326 e.